The lowest BCUT2D eigenvalue weighted by Crippen LogP contribution is -1.90. The number of rotatable bonds is 4. The van der Waals surface area contributed by atoms with Crippen LogP contribution in [-0.4, -0.2) is 10.0 Å². The van der Waals surface area contributed by atoms with Crippen LogP contribution < -0.4 is 4.74 Å². The maximum Gasteiger partial charge on any atom is 0.323 e. The van der Waals surface area contributed by atoms with Gasteiger partial charge in [-0.25, -0.2) is 0 Å². The summed E-state index contributed by atoms with van der Waals surface area (Å²) in [7, 11) is 0. The fourth-order valence-corrected chi connectivity index (χ4v) is 2.71. The van der Waals surface area contributed by atoms with Crippen molar-refractivity contribution in [1.29, 1.82) is 0 Å². The van der Waals surface area contributed by atoms with E-state index < -0.39 is 11.0 Å². The molecule has 5 nitrogen and oxygen atoms in total. The molecule has 0 fully saturated rings. The molecule has 1 aromatic heterocycles. The molecular weight excluding hydrogens is 325 g/mol. The van der Waals surface area contributed by atoms with Gasteiger partial charge in [0.05, 0.1) is 16.0 Å². The molecule has 0 bridgehead atoms. The van der Waals surface area contributed by atoms with Crippen molar-refractivity contribution in [3.63, 3.8) is 0 Å². The highest BCUT2D eigenvalue weighted by Gasteiger charge is 2.23. The van der Waals surface area contributed by atoms with Crippen LogP contribution in [0.15, 0.2) is 24.3 Å². The van der Waals surface area contributed by atoms with Crippen LogP contribution in [-0.2, 0) is 0 Å². The Kier molecular flexibility index (Phi) is 4.49. The first kappa shape index (κ1) is 15.1. The molecule has 106 valence electrons. The van der Waals surface area contributed by atoms with Crippen LogP contribution >= 0.6 is 34.5 Å². The number of ether oxygens (including phenoxy) is 1. The molecule has 20 heavy (non-hydrogen) atoms. The Morgan fingerprint density at radius 3 is 2.75 bits per heavy atom. The minimum atomic E-state index is -0.814. The van der Waals surface area contributed by atoms with Crippen molar-refractivity contribution in [2.24, 2.45) is 0 Å². The summed E-state index contributed by atoms with van der Waals surface area (Å²) in [6.45, 7) is 1.52. The van der Waals surface area contributed by atoms with Crippen molar-refractivity contribution in [2.75, 3.05) is 0 Å². The summed E-state index contributed by atoms with van der Waals surface area (Å²) in [4.78, 5) is 10.9. The number of hydrogen-bond donors (Lipinski definition) is 1. The van der Waals surface area contributed by atoms with Gasteiger partial charge >= 0.3 is 5.69 Å². The van der Waals surface area contributed by atoms with Gasteiger partial charge in [-0.1, -0.05) is 40.6 Å². The third kappa shape index (κ3) is 3.04. The van der Waals surface area contributed by atoms with Crippen LogP contribution in [0.4, 0.5) is 5.69 Å². The van der Waals surface area contributed by atoms with Crippen LogP contribution in [0.25, 0.3) is 0 Å². The first-order valence-corrected chi connectivity index (χ1v) is 7.05. The maximum atomic E-state index is 11.0. The SMILES string of the molecule is C[C@H](O)c1cc([N+](=O)[O-])c(Oc2cccc(Cl)c2Cl)s1. The molecule has 0 aliphatic carbocycles. The fraction of sp³-hybridized carbons (Fsp3) is 0.167. The number of nitrogens with zero attached hydrogens (tertiary/aromatic N) is 1. The monoisotopic (exact) mass is 333 g/mol. The summed E-state index contributed by atoms with van der Waals surface area (Å²) in [6, 6.07) is 6.04. The summed E-state index contributed by atoms with van der Waals surface area (Å²) >= 11 is 12.8. The van der Waals surface area contributed by atoms with Crippen LogP contribution in [0.1, 0.15) is 17.9 Å². The molecule has 8 heteroatoms. The largest absolute Gasteiger partial charge is 0.438 e. The van der Waals surface area contributed by atoms with Crippen LogP contribution in [0.2, 0.25) is 10.0 Å². The summed E-state index contributed by atoms with van der Waals surface area (Å²) in [5, 5.41) is 21.0. The average Bonchev–Trinajstić information content (AvgIpc) is 2.79. The zero-order valence-corrected chi connectivity index (χ0v) is 12.5. The van der Waals surface area contributed by atoms with Crippen molar-refractivity contribution in [1.82, 2.24) is 0 Å². The van der Waals surface area contributed by atoms with Crippen molar-refractivity contribution < 1.29 is 14.8 Å². The van der Waals surface area contributed by atoms with E-state index in [2.05, 4.69) is 0 Å². The number of aliphatic hydroxyl groups is 1. The summed E-state index contributed by atoms with van der Waals surface area (Å²) in [5.41, 5.74) is -0.220. The summed E-state index contributed by atoms with van der Waals surface area (Å²) in [6.07, 6.45) is -0.814. The van der Waals surface area contributed by atoms with Crippen LogP contribution in [0.3, 0.4) is 0 Å². The van der Waals surface area contributed by atoms with E-state index in [4.69, 9.17) is 27.9 Å². The molecule has 0 spiro atoms. The van der Waals surface area contributed by atoms with E-state index in [9.17, 15) is 15.2 Å². The van der Waals surface area contributed by atoms with Gasteiger partial charge in [0.1, 0.15) is 10.8 Å². The van der Waals surface area contributed by atoms with Crippen molar-refractivity contribution in [3.8, 4) is 10.8 Å². The predicted octanol–water partition coefficient (Wildman–Crippen LogP) is 4.81. The number of aliphatic hydroxyl groups excluding tert-OH is 1. The lowest BCUT2D eigenvalue weighted by atomic mass is 10.3. The second-order valence-corrected chi connectivity index (χ2v) is 5.74. The minimum Gasteiger partial charge on any atom is -0.438 e. The van der Waals surface area contributed by atoms with Gasteiger partial charge in [0.25, 0.3) is 5.06 Å². The molecule has 0 unspecified atom stereocenters. The molecule has 2 aromatic rings. The molecule has 0 aliphatic rings. The van der Waals surface area contributed by atoms with E-state index in [1.54, 1.807) is 18.2 Å². The van der Waals surface area contributed by atoms with Gasteiger partial charge in [-0.2, -0.15) is 0 Å². The molecule has 0 radical (unpaired) electrons. The van der Waals surface area contributed by atoms with Gasteiger partial charge in [-0.05, 0) is 19.1 Å². The van der Waals surface area contributed by atoms with Gasteiger partial charge in [-0.3, -0.25) is 10.1 Å². The second-order valence-electron chi connectivity index (χ2n) is 3.91. The molecule has 1 heterocycles. The second kappa shape index (κ2) is 5.97. The Balaban J connectivity index is 2.42. The van der Waals surface area contributed by atoms with Crippen LogP contribution in [0.5, 0.6) is 10.8 Å². The molecule has 0 saturated heterocycles. The highest BCUT2D eigenvalue weighted by molar-refractivity contribution is 7.14. The zero-order chi connectivity index (χ0) is 14.9. The van der Waals surface area contributed by atoms with E-state index in [0.717, 1.165) is 11.3 Å². The van der Waals surface area contributed by atoms with E-state index in [1.165, 1.54) is 13.0 Å². The highest BCUT2D eigenvalue weighted by Crippen LogP contribution is 2.44. The Morgan fingerprint density at radius 1 is 1.45 bits per heavy atom. The first-order chi connectivity index (χ1) is 9.40. The van der Waals surface area contributed by atoms with Gasteiger partial charge in [0.2, 0.25) is 0 Å². The minimum absolute atomic E-state index is 0.0510. The molecular formula is C12H9Cl2NO4S. The fourth-order valence-electron chi connectivity index (χ4n) is 1.45. The topological polar surface area (TPSA) is 72.6 Å². The van der Waals surface area contributed by atoms with Gasteiger partial charge in [0, 0.05) is 10.9 Å². The Hall–Kier alpha value is -1.34. The number of benzene rings is 1. The first-order valence-electron chi connectivity index (χ1n) is 5.48. The zero-order valence-electron chi connectivity index (χ0n) is 10.2. The summed E-state index contributed by atoms with van der Waals surface area (Å²) in [5.74, 6) is 0.223. The van der Waals surface area contributed by atoms with E-state index in [-0.39, 0.29) is 21.5 Å². The highest BCUT2D eigenvalue weighted by atomic mass is 35.5. The van der Waals surface area contributed by atoms with E-state index >= 15 is 0 Å². The van der Waals surface area contributed by atoms with Crippen LogP contribution in [0, 0.1) is 10.1 Å². The van der Waals surface area contributed by atoms with E-state index in [0.29, 0.717) is 9.90 Å². The molecule has 2 rings (SSSR count). The number of halogens is 2. The summed E-state index contributed by atoms with van der Waals surface area (Å²) < 4.78 is 5.46. The molecule has 0 saturated carbocycles. The quantitative estimate of drug-likeness (QED) is 0.643. The average molecular weight is 334 g/mol. The van der Waals surface area contributed by atoms with Crippen molar-refractivity contribution in [2.45, 2.75) is 13.0 Å². The van der Waals surface area contributed by atoms with Gasteiger partial charge < -0.3 is 9.84 Å². The molecule has 1 N–H and O–H groups in total. The normalized spacial score (nSPS) is 12.2. The lowest BCUT2D eigenvalue weighted by Gasteiger charge is -2.05. The number of hydrogen-bond acceptors (Lipinski definition) is 5. The Bertz CT molecular complexity index is 657. The Labute approximate surface area is 128 Å². The Morgan fingerprint density at radius 2 is 2.15 bits per heavy atom. The van der Waals surface area contributed by atoms with Gasteiger partial charge in [0.15, 0.2) is 0 Å². The van der Waals surface area contributed by atoms with Crippen molar-refractivity contribution in [3.05, 3.63) is 49.3 Å². The third-order valence-corrected chi connectivity index (χ3v) is 4.40. The molecule has 0 amide bonds. The van der Waals surface area contributed by atoms with E-state index in [1.807, 2.05) is 0 Å². The van der Waals surface area contributed by atoms with Gasteiger partial charge in [-0.15, -0.1) is 0 Å². The number of nitro groups is 1. The van der Waals surface area contributed by atoms with Crippen molar-refractivity contribution >= 4 is 40.2 Å². The molecule has 1 atom stereocenters. The maximum absolute atomic E-state index is 11.0. The third-order valence-electron chi connectivity index (χ3n) is 2.43. The standard InChI is InChI=1S/C12H9Cl2NO4S/c1-6(16)10-5-8(15(17)18)12(20-10)19-9-4-2-3-7(13)11(9)14/h2-6,16H,1H3/t6-/m0/s1. The molecule has 0 aliphatic heterocycles. The number of thiophene rings is 1. The predicted molar refractivity (Wildman–Crippen MR) is 78.1 cm³/mol. The molecule has 1 aromatic carbocycles. The smallest absolute Gasteiger partial charge is 0.323 e. The lowest BCUT2D eigenvalue weighted by molar-refractivity contribution is -0.385.